The van der Waals surface area contributed by atoms with Gasteiger partial charge < -0.3 is 14.8 Å². The van der Waals surface area contributed by atoms with Gasteiger partial charge in [-0.15, -0.1) is 0 Å². The van der Waals surface area contributed by atoms with Gasteiger partial charge in [-0.25, -0.2) is 9.67 Å². The summed E-state index contributed by atoms with van der Waals surface area (Å²) in [6.45, 7) is 2.72. The highest BCUT2D eigenvalue weighted by Crippen LogP contribution is 2.23. The Labute approximate surface area is 132 Å². The molecule has 1 aromatic heterocycles. The third-order valence-corrected chi connectivity index (χ3v) is 3.52. The van der Waals surface area contributed by atoms with Crippen molar-refractivity contribution < 1.29 is 9.47 Å². The van der Waals surface area contributed by atoms with Crippen LogP contribution in [-0.2, 0) is 17.8 Å². The third kappa shape index (κ3) is 4.52. The van der Waals surface area contributed by atoms with E-state index in [2.05, 4.69) is 31.3 Å². The molecule has 0 saturated heterocycles. The van der Waals surface area contributed by atoms with E-state index in [1.165, 1.54) is 0 Å². The molecule has 0 saturated carbocycles. The molecule has 0 bridgehead atoms. The quantitative estimate of drug-likeness (QED) is 0.732. The summed E-state index contributed by atoms with van der Waals surface area (Å²) in [5, 5.41) is 7.54. The number of halogens is 1. The van der Waals surface area contributed by atoms with E-state index in [4.69, 9.17) is 9.47 Å². The molecule has 1 aromatic carbocycles. The minimum Gasteiger partial charge on any atom is -0.496 e. The number of ether oxygens (including phenoxy) is 2. The highest BCUT2D eigenvalue weighted by atomic mass is 79.9. The molecule has 0 aliphatic carbocycles. The van der Waals surface area contributed by atoms with Crippen LogP contribution in [0.3, 0.4) is 0 Å². The largest absolute Gasteiger partial charge is 0.496 e. The topological polar surface area (TPSA) is 61.2 Å². The Bertz CT molecular complexity index is 574. The molecule has 7 heteroatoms. The number of aromatic nitrogens is 3. The van der Waals surface area contributed by atoms with Gasteiger partial charge in [-0.2, -0.15) is 5.10 Å². The van der Waals surface area contributed by atoms with Crippen LogP contribution in [0.4, 0.5) is 0 Å². The smallest absolute Gasteiger partial charge is 0.141 e. The lowest BCUT2D eigenvalue weighted by atomic mass is 10.2. The Hall–Kier alpha value is -1.44. The molecule has 21 heavy (non-hydrogen) atoms. The van der Waals surface area contributed by atoms with Gasteiger partial charge in [0.05, 0.1) is 26.8 Å². The van der Waals surface area contributed by atoms with Gasteiger partial charge in [0.15, 0.2) is 0 Å². The zero-order valence-corrected chi connectivity index (χ0v) is 13.8. The van der Waals surface area contributed by atoms with Crippen molar-refractivity contribution in [3.05, 3.63) is 40.4 Å². The number of benzene rings is 1. The molecule has 0 fully saturated rings. The first-order valence-electron chi connectivity index (χ1n) is 6.63. The van der Waals surface area contributed by atoms with E-state index in [1.807, 2.05) is 22.9 Å². The van der Waals surface area contributed by atoms with E-state index >= 15 is 0 Å². The fourth-order valence-corrected chi connectivity index (χ4v) is 2.37. The lowest BCUT2D eigenvalue weighted by molar-refractivity contribution is 0.198. The van der Waals surface area contributed by atoms with Gasteiger partial charge in [-0.1, -0.05) is 15.9 Å². The molecule has 0 radical (unpaired) electrons. The second kappa shape index (κ2) is 8.11. The molecule has 0 aliphatic heterocycles. The second-order valence-electron chi connectivity index (χ2n) is 4.46. The van der Waals surface area contributed by atoms with Crippen LogP contribution in [-0.4, -0.2) is 42.1 Å². The number of rotatable bonds is 8. The number of nitrogens with zero attached hydrogens (tertiary/aromatic N) is 3. The Balaban J connectivity index is 2.06. The fourth-order valence-electron chi connectivity index (χ4n) is 1.96. The summed E-state index contributed by atoms with van der Waals surface area (Å²) in [4.78, 5) is 4.28. The van der Waals surface area contributed by atoms with E-state index in [0.717, 1.165) is 28.2 Å². The van der Waals surface area contributed by atoms with Gasteiger partial charge in [0.25, 0.3) is 0 Å². The lowest BCUT2D eigenvalue weighted by Crippen LogP contribution is -2.21. The Morgan fingerprint density at radius 1 is 1.33 bits per heavy atom. The van der Waals surface area contributed by atoms with Crippen molar-refractivity contribution in [2.75, 3.05) is 27.4 Å². The standard InChI is InChI=1S/C14H19BrN4O2/c1-20-6-5-16-8-14-17-10-18-19(14)9-11-7-12(15)3-4-13(11)21-2/h3-4,7,10,16H,5-6,8-9H2,1-2H3. The summed E-state index contributed by atoms with van der Waals surface area (Å²) >= 11 is 3.48. The lowest BCUT2D eigenvalue weighted by Gasteiger charge is -2.11. The van der Waals surface area contributed by atoms with Crippen LogP contribution in [0.1, 0.15) is 11.4 Å². The van der Waals surface area contributed by atoms with E-state index < -0.39 is 0 Å². The Morgan fingerprint density at radius 2 is 2.19 bits per heavy atom. The molecule has 6 nitrogen and oxygen atoms in total. The maximum Gasteiger partial charge on any atom is 0.141 e. The molecule has 1 heterocycles. The van der Waals surface area contributed by atoms with Crippen molar-refractivity contribution in [3.63, 3.8) is 0 Å². The van der Waals surface area contributed by atoms with Gasteiger partial charge in [0, 0.05) is 23.7 Å². The van der Waals surface area contributed by atoms with Crippen molar-refractivity contribution in [2.45, 2.75) is 13.1 Å². The predicted molar refractivity (Wildman–Crippen MR) is 83.4 cm³/mol. The van der Waals surface area contributed by atoms with Gasteiger partial charge in [-0.05, 0) is 18.2 Å². The molecule has 114 valence electrons. The van der Waals surface area contributed by atoms with Gasteiger partial charge in [0.2, 0.25) is 0 Å². The second-order valence-corrected chi connectivity index (χ2v) is 5.38. The molecule has 0 amide bonds. The minimum absolute atomic E-state index is 0.615. The van der Waals surface area contributed by atoms with Crippen LogP contribution in [0, 0.1) is 0 Å². The average Bonchev–Trinajstić information content (AvgIpc) is 2.91. The summed E-state index contributed by atoms with van der Waals surface area (Å²) in [6.07, 6.45) is 1.57. The Kier molecular flexibility index (Phi) is 6.16. The first kappa shape index (κ1) is 15.9. The zero-order chi connectivity index (χ0) is 15.1. The summed E-state index contributed by atoms with van der Waals surface area (Å²) in [6, 6.07) is 5.92. The molecule has 2 aromatic rings. The molecule has 0 unspecified atom stereocenters. The summed E-state index contributed by atoms with van der Waals surface area (Å²) < 4.78 is 13.3. The van der Waals surface area contributed by atoms with Crippen LogP contribution in [0.2, 0.25) is 0 Å². The monoisotopic (exact) mass is 354 g/mol. The van der Waals surface area contributed by atoms with Crippen LogP contribution in [0.25, 0.3) is 0 Å². The van der Waals surface area contributed by atoms with Crippen molar-refractivity contribution in [3.8, 4) is 5.75 Å². The molecule has 0 spiro atoms. The average molecular weight is 355 g/mol. The maximum atomic E-state index is 5.39. The minimum atomic E-state index is 0.615. The number of nitrogens with one attached hydrogen (secondary N) is 1. The first-order chi connectivity index (χ1) is 10.2. The van der Waals surface area contributed by atoms with E-state index in [-0.39, 0.29) is 0 Å². The van der Waals surface area contributed by atoms with Crippen molar-refractivity contribution >= 4 is 15.9 Å². The molecule has 0 atom stereocenters. The third-order valence-electron chi connectivity index (χ3n) is 3.02. The fraction of sp³-hybridized carbons (Fsp3) is 0.429. The number of hydrogen-bond donors (Lipinski definition) is 1. The highest BCUT2D eigenvalue weighted by molar-refractivity contribution is 9.10. The molecular formula is C14H19BrN4O2. The summed E-state index contributed by atoms with van der Waals surface area (Å²) in [7, 11) is 3.35. The zero-order valence-electron chi connectivity index (χ0n) is 12.2. The van der Waals surface area contributed by atoms with Crippen LogP contribution < -0.4 is 10.1 Å². The molecular weight excluding hydrogens is 336 g/mol. The molecule has 2 rings (SSSR count). The van der Waals surface area contributed by atoms with Gasteiger partial charge >= 0.3 is 0 Å². The maximum absolute atomic E-state index is 5.39. The molecule has 1 N–H and O–H groups in total. The van der Waals surface area contributed by atoms with Gasteiger partial charge in [0.1, 0.15) is 17.9 Å². The SMILES string of the molecule is COCCNCc1ncnn1Cc1cc(Br)ccc1OC. The Morgan fingerprint density at radius 3 is 2.95 bits per heavy atom. The summed E-state index contributed by atoms with van der Waals surface area (Å²) in [5.74, 6) is 1.72. The number of methoxy groups -OCH3 is 2. The first-order valence-corrected chi connectivity index (χ1v) is 7.42. The van der Waals surface area contributed by atoms with E-state index in [9.17, 15) is 0 Å². The van der Waals surface area contributed by atoms with Crippen LogP contribution in [0.15, 0.2) is 29.0 Å². The van der Waals surface area contributed by atoms with Crippen molar-refractivity contribution in [2.24, 2.45) is 0 Å². The van der Waals surface area contributed by atoms with E-state index in [1.54, 1.807) is 20.5 Å². The summed E-state index contributed by atoms with van der Waals surface area (Å²) in [5.41, 5.74) is 1.05. The van der Waals surface area contributed by atoms with Crippen LogP contribution in [0.5, 0.6) is 5.75 Å². The predicted octanol–water partition coefficient (Wildman–Crippen LogP) is 1.83. The highest BCUT2D eigenvalue weighted by Gasteiger charge is 2.09. The van der Waals surface area contributed by atoms with Crippen molar-refractivity contribution in [1.82, 2.24) is 20.1 Å². The van der Waals surface area contributed by atoms with Gasteiger partial charge in [-0.3, -0.25) is 0 Å². The van der Waals surface area contributed by atoms with Crippen molar-refractivity contribution in [1.29, 1.82) is 0 Å². The molecule has 0 aliphatic rings. The van der Waals surface area contributed by atoms with Crippen LogP contribution >= 0.6 is 15.9 Å². The normalized spacial score (nSPS) is 10.8. The van der Waals surface area contributed by atoms with E-state index in [0.29, 0.717) is 19.7 Å². The number of hydrogen-bond acceptors (Lipinski definition) is 5.